The summed E-state index contributed by atoms with van der Waals surface area (Å²) in [4.78, 5) is 26.4. The molecular formula is C25H23FN4O3. The molecule has 1 atom stereocenters. The van der Waals surface area contributed by atoms with Crippen molar-refractivity contribution < 1.29 is 13.9 Å². The van der Waals surface area contributed by atoms with Crippen molar-refractivity contribution in [2.75, 3.05) is 6.61 Å². The van der Waals surface area contributed by atoms with Crippen LogP contribution >= 0.6 is 0 Å². The molecule has 1 N–H and O–H groups in total. The number of carbonyl (C=O) groups is 1. The number of benzene rings is 2. The van der Waals surface area contributed by atoms with E-state index in [-0.39, 0.29) is 29.9 Å². The molecule has 5 rings (SSSR count). The van der Waals surface area contributed by atoms with E-state index in [2.05, 4.69) is 10.4 Å². The van der Waals surface area contributed by atoms with Gasteiger partial charge in [-0.1, -0.05) is 30.3 Å². The lowest BCUT2D eigenvalue weighted by atomic mass is 10.1. The number of pyridine rings is 1. The third-order valence-electron chi connectivity index (χ3n) is 5.77. The third-order valence-corrected chi connectivity index (χ3v) is 5.77. The molecule has 0 spiro atoms. The Morgan fingerprint density at radius 1 is 1.12 bits per heavy atom. The number of nitrogens with zero attached hydrogens (tertiary/aromatic N) is 3. The predicted molar refractivity (Wildman–Crippen MR) is 121 cm³/mol. The molecule has 0 bridgehead atoms. The Hall–Kier alpha value is -3.78. The van der Waals surface area contributed by atoms with E-state index < -0.39 is 0 Å². The number of halogens is 1. The second kappa shape index (κ2) is 8.99. The van der Waals surface area contributed by atoms with E-state index in [9.17, 15) is 14.0 Å². The Balaban J connectivity index is 1.52. The highest BCUT2D eigenvalue weighted by molar-refractivity contribution is 5.99. The number of rotatable bonds is 6. The molecule has 0 aliphatic carbocycles. The van der Waals surface area contributed by atoms with Crippen molar-refractivity contribution in [3.05, 3.63) is 94.3 Å². The van der Waals surface area contributed by atoms with Gasteiger partial charge in [0.2, 0.25) is 0 Å². The summed E-state index contributed by atoms with van der Waals surface area (Å²) in [5.41, 5.74) is 2.12. The number of amides is 1. The van der Waals surface area contributed by atoms with E-state index in [1.54, 1.807) is 36.7 Å². The molecule has 2 aromatic carbocycles. The zero-order valence-corrected chi connectivity index (χ0v) is 17.9. The summed E-state index contributed by atoms with van der Waals surface area (Å²) in [6.45, 7) is 1.49. The minimum atomic E-state index is -0.358. The van der Waals surface area contributed by atoms with Gasteiger partial charge in [-0.15, -0.1) is 0 Å². The van der Waals surface area contributed by atoms with E-state index in [0.717, 1.165) is 25.0 Å². The Labute approximate surface area is 189 Å². The first-order valence-corrected chi connectivity index (χ1v) is 10.9. The van der Waals surface area contributed by atoms with E-state index in [1.807, 2.05) is 22.8 Å². The second-order valence-corrected chi connectivity index (χ2v) is 8.13. The lowest BCUT2D eigenvalue weighted by Crippen LogP contribution is -2.25. The number of ether oxygens (including phenoxy) is 1. The van der Waals surface area contributed by atoms with Crippen molar-refractivity contribution in [2.45, 2.75) is 32.0 Å². The number of hydrogen-bond acceptors (Lipinski definition) is 4. The summed E-state index contributed by atoms with van der Waals surface area (Å²) < 4.78 is 22.1. The van der Waals surface area contributed by atoms with Gasteiger partial charge in [0.1, 0.15) is 11.5 Å². The zero-order valence-electron chi connectivity index (χ0n) is 17.9. The molecule has 8 heteroatoms. The predicted octanol–water partition coefficient (Wildman–Crippen LogP) is 3.39. The van der Waals surface area contributed by atoms with E-state index in [0.29, 0.717) is 29.1 Å². The molecule has 2 aromatic rings. The number of carbonyl (C=O) groups excluding carboxylic acids is 1. The molecule has 3 heterocycles. The quantitative estimate of drug-likeness (QED) is 0.493. The minimum Gasteiger partial charge on any atom is -0.376 e. The highest BCUT2D eigenvalue weighted by atomic mass is 19.1. The van der Waals surface area contributed by atoms with Crippen LogP contribution in [0.15, 0.2) is 71.8 Å². The van der Waals surface area contributed by atoms with Crippen LogP contribution in [0.1, 0.15) is 28.8 Å². The maximum atomic E-state index is 13.2. The Morgan fingerprint density at radius 3 is 2.64 bits per heavy atom. The van der Waals surface area contributed by atoms with Crippen LogP contribution in [-0.2, 0) is 17.8 Å². The Morgan fingerprint density at radius 2 is 1.91 bits per heavy atom. The number of hydrogen-bond donors (Lipinski definition) is 1. The standard InChI is InChI=1S/C25H23FN4O3/c26-18-10-8-17(9-11-18)13-27-24(31)21-15-29(14-20-7-4-12-33-20)16-22-23(21)28-30(25(22)32)19-5-2-1-3-6-19/h1-3,5-6,8-11,15-16,20H,4,7,12-14H2,(H,27,31)/t20-/m0/s1. The lowest BCUT2D eigenvalue weighted by Gasteiger charge is -2.16. The fraction of sp³-hybridized carbons (Fsp3) is 0.240. The summed E-state index contributed by atoms with van der Waals surface area (Å²) in [6.07, 6.45) is 5.43. The number of nitrogens with one attached hydrogen (secondary N) is 1. The summed E-state index contributed by atoms with van der Waals surface area (Å²) in [7, 11) is 0. The highest BCUT2D eigenvalue weighted by Crippen LogP contribution is 2.24. The Kier molecular flexibility index (Phi) is 5.75. The molecule has 3 aliphatic heterocycles. The summed E-state index contributed by atoms with van der Waals surface area (Å²) in [5, 5.41) is 7.35. The largest absolute Gasteiger partial charge is 0.376 e. The Bertz CT molecular complexity index is 1290. The maximum Gasteiger partial charge on any atom is 0.282 e. The minimum absolute atomic E-state index is 0.0434. The van der Waals surface area contributed by atoms with Gasteiger partial charge < -0.3 is 14.6 Å². The molecule has 33 heavy (non-hydrogen) atoms. The SMILES string of the molecule is O=C(NCc1ccc(F)cc1)c1cn(C[C@@H]2CCCO2)cc2c(=O)n(-c3ccccc3)nc1-2. The highest BCUT2D eigenvalue weighted by Gasteiger charge is 2.25. The van der Waals surface area contributed by atoms with Crippen LogP contribution in [0.3, 0.4) is 0 Å². The molecular weight excluding hydrogens is 423 g/mol. The van der Waals surface area contributed by atoms with Crippen molar-refractivity contribution in [3.63, 3.8) is 0 Å². The maximum absolute atomic E-state index is 13.2. The molecule has 3 aliphatic rings. The van der Waals surface area contributed by atoms with Gasteiger partial charge in [0.05, 0.1) is 22.9 Å². The van der Waals surface area contributed by atoms with Crippen molar-refractivity contribution in [1.29, 1.82) is 0 Å². The van der Waals surface area contributed by atoms with Crippen LogP contribution in [0.5, 0.6) is 0 Å². The number of aromatic nitrogens is 3. The van der Waals surface area contributed by atoms with Crippen LogP contribution in [0, 0.1) is 5.82 Å². The van der Waals surface area contributed by atoms with Crippen LogP contribution < -0.4 is 10.9 Å². The zero-order chi connectivity index (χ0) is 22.8. The van der Waals surface area contributed by atoms with Crippen LogP contribution in [0.2, 0.25) is 0 Å². The molecule has 1 saturated heterocycles. The first-order valence-electron chi connectivity index (χ1n) is 10.9. The van der Waals surface area contributed by atoms with Gasteiger partial charge in [0.15, 0.2) is 0 Å². The molecule has 1 amide bonds. The van der Waals surface area contributed by atoms with Gasteiger partial charge in [0.25, 0.3) is 11.5 Å². The van der Waals surface area contributed by atoms with Crippen molar-refractivity contribution >= 4 is 5.91 Å². The molecule has 7 nitrogen and oxygen atoms in total. The van der Waals surface area contributed by atoms with Gasteiger partial charge in [-0.3, -0.25) is 9.59 Å². The monoisotopic (exact) mass is 446 g/mol. The average molecular weight is 446 g/mol. The van der Waals surface area contributed by atoms with Gasteiger partial charge in [-0.05, 0) is 42.7 Å². The summed E-state index contributed by atoms with van der Waals surface area (Å²) in [6, 6.07) is 15.0. The first-order chi connectivity index (χ1) is 16.1. The van der Waals surface area contributed by atoms with Gasteiger partial charge >= 0.3 is 0 Å². The van der Waals surface area contributed by atoms with Crippen molar-refractivity contribution in [1.82, 2.24) is 19.7 Å². The van der Waals surface area contributed by atoms with Crippen LogP contribution in [0.25, 0.3) is 16.9 Å². The molecule has 0 aromatic heterocycles. The second-order valence-electron chi connectivity index (χ2n) is 8.13. The van der Waals surface area contributed by atoms with Crippen molar-refractivity contribution in [3.8, 4) is 16.9 Å². The topological polar surface area (TPSA) is 78.2 Å². The van der Waals surface area contributed by atoms with E-state index in [4.69, 9.17) is 4.74 Å². The lowest BCUT2D eigenvalue weighted by molar-refractivity contribution is 0.0935. The van der Waals surface area contributed by atoms with Crippen LogP contribution in [0.4, 0.5) is 4.39 Å². The normalized spacial score (nSPS) is 15.7. The summed E-state index contributed by atoms with van der Waals surface area (Å²) >= 11 is 0. The average Bonchev–Trinajstić information content (AvgIpc) is 3.47. The summed E-state index contributed by atoms with van der Waals surface area (Å²) in [5.74, 6) is -0.692. The third kappa shape index (κ3) is 4.42. The van der Waals surface area contributed by atoms with E-state index in [1.165, 1.54) is 16.8 Å². The van der Waals surface area contributed by atoms with Crippen molar-refractivity contribution in [2.24, 2.45) is 0 Å². The number of fused-ring (bicyclic) bond motifs is 1. The van der Waals surface area contributed by atoms with Crippen LogP contribution in [-0.4, -0.2) is 33.0 Å². The molecule has 0 radical (unpaired) electrons. The smallest absolute Gasteiger partial charge is 0.282 e. The molecule has 1 fully saturated rings. The number of para-hydroxylation sites is 1. The van der Waals surface area contributed by atoms with E-state index >= 15 is 0 Å². The fourth-order valence-corrected chi connectivity index (χ4v) is 4.08. The fourth-order valence-electron chi connectivity index (χ4n) is 4.08. The first kappa shape index (κ1) is 21.1. The molecule has 0 unspecified atom stereocenters. The van der Waals surface area contributed by atoms with Gasteiger partial charge in [-0.2, -0.15) is 9.78 Å². The van der Waals surface area contributed by atoms with Gasteiger partial charge in [0, 0.05) is 32.1 Å². The van der Waals surface area contributed by atoms with Gasteiger partial charge in [-0.25, -0.2) is 4.39 Å². The molecule has 168 valence electrons. The molecule has 0 saturated carbocycles.